The van der Waals surface area contributed by atoms with Crippen LogP contribution in [0.3, 0.4) is 0 Å². The minimum Gasteiger partial charge on any atom is -0.312 e. The van der Waals surface area contributed by atoms with E-state index in [-0.39, 0.29) is 0 Å². The van der Waals surface area contributed by atoms with Gasteiger partial charge in [-0.1, -0.05) is 0 Å². The molecule has 1 aromatic heterocycles. The fourth-order valence-corrected chi connectivity index (χ4v) is 3.11. The summed E-state index contributed by atoms with van der Waals surface area (Å²) in [6.45, 7) is 1.85. The van der Waals surface area contributed by atoms with Crippen LogP contribution in [0.5, 0.6) is 0 Å². The van der Waals surface area contributed by atoms with Crippen molar-refractivity contribution in [3.63, 3.8) is 0 Å². The van der Waals surface area contributed by atoms with Crippen molar-refractivity contribution >= 4 is 10.8 Å². The van der Waals surface area contributed by atoms with Gasteiger partial charge in [-0.15, -0.1) is 0 Å². The van der Waals surface area contributed by atoms with Crippen LogP contribution in [0.15, 0.2) is 18.5 Å². The quantitative estimate of drug-likeness (QED) is 0.809. The Hall–Kier alpha value is -0.680. The molecule has 15 heavy (non-hydrogen) atoms. The van der Waals surface area contributed by atoms with E-state index < -0.39 is 10.8 Å². The van der Waals surface area contributed by atoms with Gasteiger partial charge >= 0.3 is 0 Å². The van der Waals surface area contributed by atoms with Crippen LogP contribution in [0.25, 0.3) is 0 Å². The van der Waals surface area contributed by atoms with Gasteiger partial charge < -0.3 is 5.32 Å². The molecular weight excluding hydrogens is 210 g/mol. The highest BCUT2D eigenvalue weighted by Gasteiger charge is 2.16. The van der Waals surface area contributed by atoms with Crippen LogP contribution in [0.2, 0.25) is 0 Å². The summed E-state index contributed by atoms with van der Waals surface area (Å²) in [6, 6.07) is 2.49. The molecule has 2 heterocycles. The molecule has 1 aliphatic rings. The van der Waals surface area contributed by atoms with Gasteiger partial charge in [0, 0.05) is 47.3 Å². The van der Waals surface area contributed by atoms with Crippen LogP contribution in [0, 0.1) is 0 Å². The zero-order valence-electron chi connectivity index (χ0n) is 8.76. The Labute approximate surface area is 92.5 Å². The van der Waals surface area contributed by atoms with Crippen molar-refractivity contribution in [2.45, 2.75) is 25.4 Å². The normalized spacial score (nSPS) is 26.7. The molecule has 0 aliphatic carbocycles. The summed E-state index contributed by atoms with van der Waals surface area (Å²) in [5.74, 6) is 1.72. The van der Waals surface area contributed by atoms with Crippen molar-refractivity contribution in [2.75, 3.05) is 18.1 Å². The van der Waals surface area contributed by atoms with Crippen molar-refractivity contribution in [3.05, 3.63) is 18.5 Å². The summed E-state index contributed by atoms with van der Waals surface area (Å²) in [7, 11) is -0.554. The first-order valence-corrected chi connectivity index (χ1v) is 6.89. The van der Waals surface area contributed by atoms with Gasteiger partial charge in [0.1, 0.15) is 0 Å². The molecule has 0 atom stereocenters. The molecule has 0 bridgehead atoms. The first-order valence-electron chi connectivity index (χ1n) is 5.40. The fourth-order valence-electron chi connectivity index (χ4n) is 1.81. The fraction of sp³-hybridized carbons (Fsp3) is 0.700. The molecule has 2 rings (SSSR count). The van der Waals surface area contributed by atoms with Crippen LogP contribution >= 0.6 is 0 Å². The van der Waals surface area contributed by atoms with Crippen LogP contribution in [0.4, 0.5) is 0 Å². The van der Waals surface area contributed by atoms with Crippen molar-refractivity contribution in [2.24, 2.45) is 0 Å². The second kappa shape index (κ2) is 5.42. The van der Waals surface area contributed by atoms with Crippen molar-refractivity contribution in [3.8, 4) is 0 Å². The zero-order chi connectivity index (χ0) is 10.5. The molecule has 0 saturated carbocycles. The molecule has 0 unspecified atom stereocenters. The molecule has 84 valence electrons. The minimum atomic E-state index is -0.554. The highest BCUT2D eigenvalue weighted by Crippen LogP contribution is 2.08. The predicted octanol–water partition coefficient (Wildman–Crippen LogP) is 0.384. The lowest BCUT2D eigenvalue weighted by molar-refractivity contribution is 0.449. The van der Waals surface area contributed by atoms with Crippen LogP contribution in [-0.2, 0) is 17.3 Å². The second-order valence-electron chi connectivity index (χ2n) is 3.85. The highest BCUT2D eigenvalue weighted by atomic mass is 32.2. The molecular formula is C10H17N3OS. The molecule has 1 N–H and O–H groups in total. The lowest BCUT2D eigenvalue weighted by Crippen LogP contribution is -2.37. The molecule has 1 saturated heterocycles. The first kappa shape index (κ1) is 10.8. The lowest BCUT2D eigenvalue weighted by atomic mass is 10.1. The Balaban J connectivity index is 1.64. The molecule has 0 radical (unpaired) electrons. The SMILES string of the molecule is O=S1CCC(NCCn2cccn2)CC1. The van der Waals surface area contributed by atoms with Gasteiger partial charge in [-0.2, -0.15) is 5.10 Å². The van der Waals surface area contributed by atoms with Crippen molar-refractivity contribution in [1.82, 2.24) is 15.1 Å². The predicted molar refractivity (Wildman–Crippen MR) is 61.1 cm³/mol. The third-order valence-electron chi connectivity index (χ3n) is 2.72. The third-order valence-corrected chi connectivity index (χ3v) is 4.10. The largest absolute Gasteiger partial charge is 0.312 e. The Morgan fingerprint density at radius 3 is 2.93 bits per heavy atom. The van der Waals surface area contributed by atoms with E-state index in [0.29, 0.717) is 6.04 Å². The summed E-state index contributed by atoms with van der Waals surface area (Å²) in [6.07, 6.45) is 5.86. The number of rotatable bonds is 4. The van der Waals surface area contributed by atoms with Gasteiger partial charge in [0.2, 0.25) is 0 Å². The molecule has 0 spiro atoms. The van der Waals surface area contributed by atoms with Crippen molar-refractivity contribution < 1.29 is 4.21 Å². The van der Waals surface area contributed by atoms with E-state index in [1.807, 2.05) is 16.9 Å². The topological polar surface area (TPSA) is 46.9 Å². The maximum Gasteiger partial charge on any atom is 0.0534 e. The number of hydrogen-bond acceptors (Lipinski definition) is 3. The zero-order valence-corrected chi connectivity index (χ0v) is 9.58. The maximum absolute atomic E-state index is 11.1. The molecule has 5 heteroatoms. The Kier molecular flexibility index (Phi) is 3.91. The number of aromatic nitrogens is 2. The average Bonchev–Trinajstić information content (AvgIpc) is 2.74. The van der Waals surface area contributed by atoms with Gasteiger partial charge in [0.25, 0.3) is 0 Å². The van der Waals surface area contributed by atoms with E-state index in [9.17, 15) is 4.21 Å². The molecule has 1 aromatic rings. The van der Waals surface area contributed by atoms with Gasteiger partial charge in [-0.3, -0.25) is 8.89 Å². The Morgan fingerprint density at radius 1 is 1.47 bits per heavy atom. The molecule has 4 nitrogen and oxygen atoms in total. The first-order chi connectivity index (χ1) is 7.34. The van der Waals surface area contributed by atoms with E-state index in [0.717, 1.165) is 37.4 Å². The average molecular weight is 227 g/mol. The van der Waals surface area contributed by atoms with E-state index in [4.69, 9.17) is 0 Å². The van der Waals surface area contributed by atoms with Gasteiger partial charge in [-0.25, -0.2) is 0 Å². The summed E-state index contributed by atoms with van der Waals surface area (Å²) in [4.78, 5) is 0. The van der Waals surface area contributed by atoms with Gasteiger partial charge in [0.05, 0.1) is 6.54 Å². The van der Waals surface area contributed by atoms with Crippen LogP contribution in [-0.4, -0.2) is 38.1 Å². The highest BCUT2D eigenvalue weighted by molar-refractivity contribution is 7.85. The number of nitrogens with one attached hydrogen (secondary N) is 1. The smallest absolute Gasteiger partial charge is 0.0534 e. The lowest BCUT2D eigenvalue weighted by Gasteiger charge is -2.22. The number of hydrogen-bond donors (Lipinski definition) is 1. The Bertz CT molecular complexity index is 302. The second-order valence-corrected chi connectivity index (χ2v) is 5.54. The van der Waals surface area contributed by atoms with E-state index in [2.05, 4.69) is 10.4 Å². The molecule has 1 aliphatic heterocycles. The summed E-state index contributed by atoms with van der Waals surface area (Å²) in [5, 5.41) is 7.62. The standard InChI is InChI=1S/C10H17N3OS/c14-15-8-2-10(3-9-15)11-5-7-13-6-1-4-12-13/h1,4,6,10-11H,2-3,5,7-9H2. The summed E-state index contributed by atoms with van der Waals surface area (Å²) in [5.41, 5.74) is 0. The van der Waals surface area contributed by atoms with Crippen molar-refractivity contribution in [1.29, 1.82) is 0 Å². The third kappa shape index (κ3) is 3.43. The number of nitrogens with zero attached hydrogens (tertiary/aromatic N) is 2. The molecule has 1 fully saturated rings. The van der Waals surface area contributed by atoms with Crippen LogP contribution < -0.4 is 5.32 Å². The van der Waals surface area contributed by atoms with E-state index in [1.54, 1.807) is 6.20 Å². The minimum absolute atomic E-state index is 0.554. The molecule has 0 aromatic carbocycles. The van der Waals surface area contributed by atoms with E-state index >= 15 is 0 Å². The summed E-state index contributed by atoms with van der Waals surface area (Å²) < 4.78 is 13.1. The molecule has 0 amide bonds. The Morgan fingerprint density at radius 2 is 2.27 bits per heavy atom. The van der Waals surface area contributed by atoms with E-state index in [1.165, 1.54) is 0 Å². The van der Waals surface area contributed by atoms with Crippen LogP contribution in [0.1, 0.15) is 12.8 Å². The van der Waals surface area contributed by atoms with Gasteiger partial charge in [-0.05, 0) is 18.9 Å². The monoisotopic (exact) mass is 227 g/mol. The summed E-state index contributed by atoms with van der Waals surface area (Å²) >= 11 is 0. The maximum atomic E-state index is 11.1. The van der Waals surface area contributed by atoms with Gasteiger partial charge in [0.15, 0.2) is 0 Å².